The molecule has 0 fully saturated rings. The van der Waals surface area contributed by atoms with Gasteiger partial charge in [0.25, 0.3) is 0 Å². The van der Waals surface area contributed by atoms with Crippen molar-refractivity contribution in [1.82, 2.24) is 4.72 Å². The van der Waals surface area contributed by atoms with Crippen LogP contribution in [0.15, 0.2) is 18.2 Å². The number of hydrogen-bond acceptors (Lipinski definition) is 4. The number of hydrogen-bond donors (Lipinski definition) is 1. The summed E-state index contributed by atoms with van der Waals surface area (Å²) in [6.07, 6.45) is 0.614. The summed E-state index contributed by atoms with van der Waals surface area (Å²) in [5.41, 5.74) is 1.01. The van der Waals surface area contributed by atoms with Gasteiger partial charge in [-0.2, -0.15) is 0 Å². The molecule has 0 aromatic heterocycles. The number of halogens is 1. The maximum Gasteiger partial charge on any atom is 0.221 e. The van der Waals surface area contributed by atoms with Crippen LogP contribution in [0.5, 0.6) is 11.5 Å². The second-order valence-electron chi connectivity index (χ2n) is 3.85. The summed E-state index contributed by atoms with van der Waals surface area (Å²) in [5.74, 6) is 1.47. The number of benzene rings is 1. The predicted molar refractivity (Wildman–Crippen MR) is 71.9 cm³/mol. The third-order valence-electron chi connectivity index (χ3n) is 2.49. The molecule has 1 aliphatic rings. The lowest BCUT2D eigenvalue weighted by molar-refractivity contribution is 0.171. The number of ether oxygens (including phenoxy) is 2. The molecule has 1 heterocycles. The Morgan fingerprint density at radius 1 is 1.22 bits per heavy atom. The molecular formula is C11H14BrNO4S. The highest BCUT2D eigenvalue weighted by Gasteiger charge is 2.12. The average molecular weight is 336 g/mol. The first-order valence-electron chi connectivity index (χ1n) is 5.52. The van der Waals surface area contributed by atoms with E-state index in [-0.39, 0.29) is 4.66 Å². The molecule has 1 aliphatic heterocycles. The molecule has 18 heavy (non-hydrogen) atoms. The van der Waals surface area contributed by atoms with Gasteiger partial charge in [0.1, 0.15) is 17.9 Å². The molecule has 0 unspecified atom stereocenters. The molecule has 0 bridgehead atoms. The molecule has 0 spiro atoms. The molecule has 1 N–H and O–H groups in total. The van der Waals surface area contributed by atoms with E-state index in [2.05, 4.69) is 20.7 Å². The third kappa shape index (κ3) is 3.60. The summed E-state index contributed by atoms with van der Waals surface area (Å²) >= 11 is 2.92. The molecule has 0 aliphatic carbocycles. The zero-order valence-corrected chi connectivity index (χ0v) is 12.1. The number of alkyl halides is 1. The van der Waals surface area contributed by atoms with Gasteiger partial charge in [-0.25, -0.2) is 13.1 Å². The molecule has 1 aromatic rings. The van der Waals surface area contributed by atoms with Gasteiger partial charge >= 0.3 is 0 Å². The van der Waals surface area contributed by atoms with Crippen molar-refractivity contribution in [3.05, 3.63) is 23.8 Å². The van der Waals surface area contributed by atoms with Gasteiger partial charge in [-0.05, 0) is 24.1 Å². The van der Waals surface area contributed by atoms with E-state index >= 15 is 0 Å². The number of rotatable bonds is 5. The van der Waals surface area contributed by atoms with E-state index in [4.69, 9.17) is 9.47 Å². The van der Waals surface area contributed by atoms with Crippen LogP contribution in [0, 0.1) is 0 Å². The highest BCUT2D eigenvalue weighted by molar-refractivity contribution is 9.10. The van der Waals surface area contributed by atoms with Crippen molar-refractivity contribution < 1.29 is 17.9 Å². The maximum absolute atomic E-state index is 11.2. The minimum atomic E-state index is -3.20. The van der Waals surface area contributed by atoms with E-state index in [1.165, 1.54) is 0 Å². The fourth-order valence-electron chi connectivity index (χ4n) is 1.63. The zero-order valence-electron chi connectivity index (χ0n) is 9.69. The second kappa shape index (κ2) is 5.90. The smallest absolute Gasteiger partial charge is 0.221 e. The summed E-state index contributed by atoms with van der Waals surface area (Å²) in [4.78, 5) is 0. The van der Waals surface area contributed by atoms with Crippen LogP contribution in [-0.4, -0.2) is 32.8 Å². The van der Waals surface area contributed by atoms with Crippen LogP contribution in [0.3, 0.4) is 0 Å². The molecule has 1 aromatic carbocycles. The van der Waals surface area contributed by atoms with Gasteiger partial charge in [0.15, 0.2) is 11.5 Å². The third-order valence-corrected chi connectivity index (χ3v) is 5.23. The van der Waals surface area contributed by atoms with E-state index < -0.39 is 10.0 Å². The van der Waals surface area contributed by atoms with Crippen LogP contribution in [0.2, 0.25) is 0 Å². The molecule has 0 saturated heterocycles. The van der Waals surface area contributed by atoms with Crippen LogP contribution in [0.25, 0.3) is 0 Å². The Hall–Kier alpha value is -0.790. The van der Waals surface area contributed by atoms with Gasteiger partial charge < -0.3 is 9.47 Å². The second-order valence-corrected chi connectivity index (χ2v) is 6.96. The largest absolute Gasteiger partial charge is 0.486 e. The average Bonchev–Trinajstić information content (AvgIpc) is 2.38. The van der Waals surface area contributed by atoms with Crippen molar-refractivity contribution in [1.29, 1.82) is 0 Å². The summed E-state index contributed by atoms with van der Waals surface area (Å²) in [5, 5.41) is 0. The fraction of sp³-hybridized carbons (Fsp3) is 0.455. The highest BCUT2D eigenvalue weighted by Crippen LogP contribution is 2.30. The standard InChI is InChI=1S/C11H14BrNO4S/c12-8-18(14,15)13-4-3-9-1-2-10-11(7-9)17-6-5-16-10/h1-2,7,13H,3-6,8H2. The van der Waals surface area contributed by atoms with Crippen LogP contribution < -0.4 is 14.2 Å². The normalized spacial score (nSPS) is 14.5. The minimum Gasteiger partial charge on any atom is -0.486 e. The number of nitrogens with one attached hydrogen (secondary N) is 1. The molecule has 7 heteroatoms. The molecule has 100 valence electrons. The van der Waals surface area contributed by atoms with Crippen molar-refractivity contribution in [3.8, 4) is 11.5 Å². The number of fused-ring (bicyclic) bond motifs is 1. The van der Waals surface area contributed by atoms with Gasteiger partial charge in [0.05, 0.1) is 0 Å². The van der Waals surface area contributed by atoms with E-state index in [1.54, 1.807) is 0 Å². The van der Waals surface area contributed by atoms with E-state index in [0.717, 1.165) is 17.1 Å². The van der Waals surface area contributed by atoms with Crippen LogP contribution in [0.4, 0.5) is 0 Å². The summed E-state index contributed by atoms with van der Waals surface area (Å²) in [6.45, 7) is 1.48. The maximum atomic E-state index is 11.2. The quantitative estimate of drug-likeness (QED) is 0.823. The van der Waals surface area contributed by atoms with Crippen molar-refractivity contribution in [2.24, 2.45) is 0 Å². The van der Waals surface area contributed by atoms with Gasteiger partial charge in [0.2, 0.25) is 10.0 Å². The molecule has 5 nitrogen and oxygen atoms in total. The zero-order chi connectivity index (χ0) is 13.0. The summed E-state index contributed by atoms with van der Waals surface area (Å²) in [7, 11) is -3.20. The lowest BCUT2D eigenvalue weighted by Gasteiger charge is -2.18. The Morgan fingerprint density at radius 2 is 1.94 bits per heavy atom. The van der Waals surface area contributed by atoms with E-state index in [0.29, 0.717) is 26.2 Å². The molecule has 0 saturated carbocycles. The van der Waals surface area contributed by atoms with Crippen molar-refractivity contribution in [2.45, 2.75) is 6.42 Å². The van der Waals surface area contributed by atoms with Gasteiger partial charge in [-0.15, -0.1) is 0 Å². The van der Waals surface area contributed by atoms with Crippen LogP contribution >= 0.6 is 15.9 Å². The molecular weight excluding hydrogens is 322 g/mol. The topological polar surface area (TPSA) is 64.6 Å². The molecule has 0 amide bonds. The van der Waals surface area contributed by atoms with Crippen LogP contribution in [-0.2, 0) is 16.4 Å². The number of sulfonamides is 1. The SMILES string of the molecule is O=S(=O)(CBr)NCCc1ccc2c(c1)OCCO2. The monoisotopic (exact) mass is 335 g/mol. The van der Waals surface area contributed by atoms with E-state index in [9.17, 15) is 8.42 Å². The van der Waals surface area contributed by atoms with Crippen molar-refractivity contribution in [2.75, 3.05) is 24.4 Å². The first-order chi connectivity index (χ1) is 8.61. The Bertz CT molecular complexity index is 518. The van der Waals surface area contributed by atoms with Crippen molar-refractivity contribution >= 4 is 26.0 Å². The van der Waals surface area contributed by atoms with Gasteiger partial charge in [-0.3, -0.25) is 0 Å². The fourth-order valence-corrected chi connectivity index (χ4v) is 2.61. The Morgan fingerprint density at radius 3 is 2.67 bits per heavy atom. The van der Waals surface area contributed by atoms with E-state index in [1.807, 2.05) is 18.2 Å². The first-order valence-corrected chi connectivity index (χ1v) is 8.30. The molecule has 2 rings (SSSR count). The lowest BCUT2D eigenvalue weighted by Crippen LogP contribution is -2.26. The van der Waals surface area contributed by atoms with Crippen molar-refractivity contribution in [3.63, 3.8) is 0 Å². The predicted octanol–water partition coefficient (Wildman–Crippen LogP) is 1.27. The highest BCUT2D eigenvalue weighted by atomic mass is 79.9. The Kier molecular flexibility index (Phi) is 4.47. The van der Waals surface area contributed by atoms with Gasteiger partial charge in [-0.1, -0.05) is 22.0 Å². The Balaban J connectivity index is 1.94. The Labute approximate surface area is 115 Å². The van der Waals surface area contributed by atoms with Crippen LogP contribution in [0.1, 0.15) is 5.56 Å². The minimum absolute atomic E-state index is 0.0822. The summed E-state index contributed by atoms with van der Waals surface area (Å²) in [6, 6.07) is 5.65. The summed E-state index contributed by atoms with van der Waals surface area (Å²) < 4.78 is 35.7. The first kappa shape index (κ1) is 13.6. The van der Waals surface area contributed by atoms with Gasteiger partial charge in [0, 0.05) is 6.54 Å². The lowest BCUT2D eigenvalue weighted by atomic mass is 10.1. The molecule has 0 radical (unpaired) electrons. The molecule has 0 atom stereocenters.